The average Bonchev–Trinajstić information content (AvgIpc) is 3.22. The molecule has 0 aliphatic heterocycles. The lowest BCUT2D eigenvalue weighted by Gasteiger charge is -2.18. The van der Waals surface area contributed by atoms with Crippen molar-refractivity contribution in [1.82, 2.24) is 24.6 Å². The average molecular weight is 377 g/mol. The van der Waals surface area contributed by atoms with Crippen molar-refractivity contribution in [3.05, 3.63) is 69.9 Å². The molecule has 0 bridgehead atoms. The molecule has 6 nitrogen and oxygen atoms in total. The third-order valence-electron chi connectivity index (χ3n) is 5.33. The van der Waals surface area contributed by atoms with Gasteiger partial charge >= 0.3 is 0 Å². The summed E-state index contributed by atoms with van der Waals surface area (Å²) in [5.74, 6) is 0.689. The molecule has 0 spiro atoms. The van der Waals surface area contributed by atoms with Gasteiger partial charge in [0.05, 0.1) is 5.69 Å². The van der Waals surface area contributed by atoms with Crippen LogP contribution >= 0.6 is 0 Å². The van der Waals surface area contributed by atoms with Gasteiger partial charge in [-0.25, -0.2) is 4.98 Å². The fourth-order valence-electron chi connectivity index (χ4n) is 3.88. The van der Waals surface area contributed by atoms with E-state index in [0.717, 1.165) is 68.6 Å². The van der Waals surface area contributed by atoms with Crippen LogP contribution in [-0.2, 0) is 25.9 Å². The van der Waals surface area contributed by atoms with Crippen LogP contribution in [0.1, 0.15) is 36.1 Å². The lowest BCUT2D eigenvalue weighted by Crippen LogP contribution is -2.22. The fourth-order valence-corrected chi connectivity index (χ4v) is 3.88. The third kappa shape index (κ3) is 4.39. The number of aromatic amines is 1. The van der Waals surface area contributed by atoms with Gasteiger partial charge in [0.25, 0.3) is 5.56 Å². The van der Waals surface area contributed by atoms with Crippen molar-refractivity contribution in [3.63, 3.8) is 0 Å². The van der Waals surface area contributed by atoms with E-state index in [0.29, 0.717) is 5.82 Å². The van der Waals surface area contributed by atoms with Gasteiger partial charge in [0.15, 0.2) is 0 Å². The van der Waals surface area contributed by atoms with Crippen molar-refractivity contribution in [1.29, 1.82) is 0 Å². The quantitative estimate of drug-likeness (QED) is 0.687. The van der Waals surface area contributed by atoms with E-state index in [1.54, 1.807) is 0 Å². The number of hydrogen-bond acceptors (Lipinski definition) is 4. The van der Waals surface area contributed by atoms with Crippen LogP contribution < -0.4 is 5.56 Å². The predicted molar refractivity (Wildman–Crippen MR) is 110 cm³/mol. The summed E-state index contributed by atoms with van der Waals surface area (Å²) in [6.07, 6.45) is 8.82. The Hall–Kier alpha value is -2.73. The summed E-state index contributed by atoms with van der Waals surface area (Å²) in [6, 6.07) is 10.3. The van der Waals surface area contributed by atoms with Gasteiger partial charge in [0.1, 0.15) is 5.82 Å². The molecule has 1 aromatic carbocycles. The number of benzene rings is 1. The van der Waals surface area contributed by atoms with Gasteiger partial charge in [0.2, 0.25) is 0 Å². The highest BCUT2D eigenvalue weighted by Crippen LogP contribution is 2.21. The van der Waals surface area contributed by atoms with Crippen LogP contribution in [0.4, 0.5) is 0 Å². The topological polar surface area (TPSA) is 66.8 Å². The van der Waals surface area contributed by atoms with E-state index in [1.807, 2.05) is 35.3 Å². The first-order chi connectivity index (χ1) is 13.7. The van der Waals surface area contributed by atoms with E-state index < -0.39 is 0 Å². The Morgan fingerprint density at radius 1 is 1.21 bits per heavy atom. The second kappa shape index (κ2) is 8.52. The largest absolute Gasteiger partial charge is 0.306 e. The predicted octanol–water partition coefficient (Wildman–Crippen LogP) is 3.03. The molecule has 1 N–H and O–H groups in total. The highest BCUT2D eigenvalue weighted by Gasteiger charge is 2.16. The van der Waals surface area contributed by atoms with Crippen molar-refractivity contribution in [2.45, 2.75) is 45.2 Å². The SMILES string of the molecule is CN(CCCn1cccn1)Cc1cccc(-c2nc3c(c(=O)[nH]2)CCCC3)c1. The minimum Gasteiger partial charge on any atom is -0.306 e. The standard InChI is InChI=1S/C22H27N5O/c1-26(12-6-14-27-13-5-11-23-27)16-17-7-4-8-18(15-17)21-24-20-10-3-2-9-19(20)22(28)25-21/h4-5,7-8,11,13,15H,2-3,6,9-10,12,14,16H2,1H3,(H,24,25,28). The molecule has 146 valence electrons. The number of aromatic nitrogens is 4. The molecule has 28 heavy (non-hydrogen) atoms. The summed E-state index contributed by atoms with van der Waals surface area (Å²) in [4.78, 5) is 22.5. The van der Waals surface area contributed by atoms with Gasteiger partial charge < -0.3 is 9.88 Å². The number of hydrogen-bond donors (Lipinski definition) is 1. The van der Waals surface area contributed by atoms with Gasteiger partial charge in [-0.15, -0.1) is 0 Å². The summed E-state index contributed by atoms with van der Waals surface area (Å²) in [6.45, 7) is 2.79. The molecular formula is C22H27N5O. The van der Waals surface area contributed by atoms with Gasteiger partial charge in [-0.3, -0.25) is 9.48 Å². The van der Waals surface area contributed by atoms with E-state index in [9.17, 15) is 4.79 Å². The van der Waals surface area contributed by atoms with E-state index in [2.05, 4.69) is 34.2 Å². The fraction of sp³-hybridized carbons (Fsp3) is 0.409. The molecule has 4 rings (SSSR count). The second-order valence-electron chi connectivity index (χ2n) is 7.61. The Bertz CT molecular complexity index is 977. The van der Waals surface area contributed by atoms with Crippen LogP contribution in [0.25, 0.3) is 11.4 Å². The van der Waals surface area contributed by atoms with Gasteiger partial charge in [-0.2, -0.15) is 5.10 Å². The van der Waals surface area contributed by atoms with Gasteiger partial charge in [-0.05, 0) is 63.4 Å². The molecule has 2 heterocycles. The summed E-state index contributed by atoms with van der Waals surface area (Å²) in [7, 11) is 2.13. The third-order valence-corrected chi connectivity index (χ3v) is 5.33. The molecule has 0 atom stereocenters. The number of fused-ring (bicyclic) bond motifs is 1. The van der Waals surface area contributed by atoms with E-state index in [1.165, 1.54) is 5.56 Å². The normalized spacial score (nSPS) is 13.6. The van der Waals surface area contributed by atoms with Crippen molar-refractivity contribution < 1.29 is 0 Å². The van der Waals surface area contributed by atoms with Crippen LogP contribution in [0.5, 0.6) is 0 Å². The summed E-state index contributed by atoms with van der Waals surface area (Å²) in [5, 5.41) is 4.24. The molecule has 0 fully saturated rings. The monoisotopic (exact) mass is 377 g/mol. The van der Waals surface area contributed by atoms with Gasteiger partial charge in [0, 0.05) is 36.6 Å². The van der Waals surface area contributed by atoms with Crippen molar-refractivity contribution in [2.75, 3.05) is 13.6 Å². The maximum absolute atomic E-state index is 12.4. The smallest absolute Gasteiger partial charge is 0.254 e. The second-order valence-corrected chi connectivity index (χ2v) is 7.61. The van der Waals surface area contributed by atoms with Gasteiger partial charge in [-0.1, -0.05) is 18.2 Å². The van der Waals surface area contributed by atoms with Crippen LogP contribution in [0, 0.1) is 0 Å². The number of nitrogens with one attached hydrogen (secondary N) is 1. The molecule has 0 amide bonds. The maximum atomic E-state index is 12.4. The van der Waals surface area contributed by atoms with Crippen molar-refractivity contribution in [2.24, 2.45) is 0 Å². The van der Waals surface area contributed by atoms with Crippen LogP contribution in [0.3, 0.4) is 0 Å². The highest BCUT2D eigenvalue weighted by atomic mass is 16.1. The zero-order chi connectivity index (χ0) is 19.3. The molecule has 3 aromatic rings. The Labute approximate surface area is 165 Å². The number of aryl methyl sites for hydroxylation is 2. The van der Waals surface area contributed by atoms with E-state index in [-0.39, 0.29) is 5.56 Å². The first kappa shape index (κ1) is 18.6. The molecule has 0 saturated heterocycles. The summed E-state index contributed by atoms with van der Waals surface area (Å²) < 4.78 is 1.96. The number of rotatable bonds is 7. The van der Waals surface area contributed by atoms with E-state index >= 15 is 0 Å². The molecule has 0 radical (unpaired) electrons. The van der Waals surface area contributed by atoms with E-state index in [4.69, 9.17) is 4.98 Å². The zero-order valence-electron chi connectivity index (χ0n) is 16.4. The number of nitrogens with zero attached hydrogens (tertiary/aromatic N) is 4. The van der Waals surface area contributed by atoms with Crippen molar-refractivity contribution in [3.8, 4) is 11.4 Å². The van der Waals surface area contributed by atoms with Crippen LogP contribution in [-0.4, -0.2) is 38.2 Å². The summed E-state index contributed by atoms with van der Waals surface area (Å²) >= 11 is 0. The Balaban J connectivity index is 1.43. The molecule has 1 aliphatic carbocycles. The first-order valence-electron chi connectivity index (χ1n) is 10.1. The Kier molecular flexibility index (Phi) is 5.67. The molecule has 6 heteroatoms. The van der Waals surface area contributed by atoms with Crippen LogP contribution in [0.2, 0.25) is 0 Å². The Morgan fingerprint density at radius 3 is 2.96 bits per heavy atom. The molecular weight excluding hydrogens is 350 g/mol. The molecule has 0 unspecified atom stereocenters. The molecule has 1 aliphatic rings. The molecule has 2 aromatic heterocycles. The number of H-pyrrole nitrogens is 1. The highest BCUT2D eigenvalue weighted by molar-refractivity contribution is 5.56. The first-order valence-corrected chi connectivity index (χ1v) is 10.1. The lowest BCUT2D eigenvalue weighted by molar-refractivity contribution is 0.311. The zero-order valence-corrected chi connectivity index (χ0v) is 16.4. The van der Waals surface area contributed by atoms with Crippen molar-refractivity contribution >= 4 is 0 Å². The molecule has 0 saturated carbocycles. The summed E-state index contributed by atoms with van der Waals surface area (Å²) in [5.41, 5.74) is 4.09. The maximum Gasteiger partial charge on any atom is 0.254 e. The minimum atomic E-state index is 0.0286. The lowest BCUT2D eigenvalue weighted by atomic mass is 9.97. The van der Waals surface area contributed by atoms with Crippen LogP contribution in [0.15, 0.2) is 47.5 Å². The Morgan fingerprint density at radius 2 is 2.11 bits per heavy atom. The minimum absolute atomic E-state index is 0.0286.